The van der Waals surface area contributed by atoms with Crippen LogP contribution in [0.15, 0.2) is 18.2 Å². The number of rotatable bonds is 7. The second-order valence-corrected chi connectivity index (χ2v) is 5.31. The second-order valence-electron chi connectivity index (χ2n) is 4.87. The van der Waals surface area contributed by atoms with Crippen molar-refractivity contribution in [3.8, 4) is 6.07 Å². The van der Waals surface area contributed by atoms with E-state index < -0.39 is 5.91 Å². The Bertz CT molecular complexity index is 598. The van der Waals surface area contributed by atoms with Crippen LogP contribution in [0.2, 0.25) is 5.02 Å². The molecule has 0 spiro atoms. The van der Waals surface area contributed by atoms with Gasteiger partial charge in [0.2, 0.25) is 5.91 Å². The molecule has 118 valence electrons. The number of nitrogens with zero attached hydrogens (tertiary/aromatic N) is 2. The third-order valence-electron chi connectivity index (χ3n) is 3.13. The first-order valence-electron chi connectivity index (χ1n) is 6.89. The largest absolute Gasteiger partial charge is 0.375 e. The zero-order chi connectivity index (χ0) is 16.7. The molecule has 6 nitrogen and oxygen atoms in total. The highest BCUT2D eigenvalue weighted by molar-refractivity contribution is 6.31. The standard InChI is InChI=1S/C15H19ClN4O2/c1-3-20(9-10(2)7-17)14(21)8-19-13-6-11(16)4-5-12(13)15(18)22/h4-6,10,19H,3,8-9H2,1-2H3,(H2,18,22)/t10-/m0/s1. The first-order chi connectivity index (χ1) is 10.4. The normalized spacial score (nSPS) is 11.4. The fourth-order valence-corrected chi connectivity index (χ4v) is 2.11. The lowest BCUT2D eigenvalue weighted by Gasteiger charge is -2.22. The summed E-state index contributed by atoms with van der Waals surface area (Å²) in [7, 11) is 0. The van der Waals surface area contributed by atoms with Crippen LogP contribution in [0.25, 0.3) is 0 Å². The number of nitrogens with one attached hydrogen (secondary N) is 1. The Morgan fingerprint density at radius 3 is 2.73 bits per heavy atom. The smallest absolute Gasteiger partial charge is 0.250 e. The van der Waals surface area contributed by atoms with Crippen LogP contribution in [-0.4, -0.2) is 36.3 Å². The highest BCUT2D eigenvalue weighted by Crippen LogP contribution is 2.20. The fraction of sp³-hybridized carbons (Fsp3) is 0.400. The Labute approximate surface area is 134 Å². The average molecular weight is 323 g/mol. The molecule has 7 heteroatoms. The van der Waals surface area contributed by atoms with Gasteiger partial charge in [0.05, 0.1) is 24.1 Å². The number of carbonyl (C=O) groups excluding carboxylic acids is 2. The van der Waals surface area contributed by atoms with Crippen molar-refractivity contribution in [2.75, 3.05) is 25.0 Å². The van der Waals surface area contributed by atoms with E-state index in [0.717, 1.165) is 0 Å². The number of hydrogen-bond donors (Lipinski definition) is 2. The van der Waals surface area contributed by atoms with Gasteiger partial charge in [-0.1, -0.05) is 11.6 Å². The molecule has 3 N–H and O–H groups in total. The van der Waals surface area contributed by atoms with Crippen LogP contribution in [-0.2, 0) is 4.79 Å². The highest BCUT2D eigenvalue weighted by Gasteiger charge is 2.16. The van der Waals surface area contributed by atoms with E-state index in [2.05, 4.69) is 11.4 Å². The first-order valence-corrected chi connectivity index (χ1v) is 7.27. The molecule has 0 radical (unpaired) electrons. The Balaban J connectivity index is 2.77. The van der Waals surface area contributed by atoms with Gasteiger partial charge in [0.25, 0.3) is 5.91 Å². The van der Waals surface area contributed by atoms with Gasteiger partial charge in [-0.05, 0) is 32.0 Å². The third-order valence-corrected chi connectivity index (χ3v) is 3.36. The van der Waals surface area contributed by atoms with Crippen LogP contribution in [0.5, 0.6) is 0 Å². The minimum atomic E-state index is -0.600. The second kappa shape index (κ2) is 8.25. The number of amides is 2. The Morgan fingerprint density at radius 2 is 2.18 bits per heavy atom. The molecule has 0 aliphatic carbocycles. The number of nitrogens with two attached hydrogens (primary N) is 1. The topological polar surface area (TPSA) is 99.2 Å². The predicted molar refractivity (Wildman–Crippen MR) is 85.5 cm³/mol. The van der Waals surface area contributed by atoms with Gasteiger partial charge < -0.3 is 16.0 Å². The van der Waals surface area contributed by atoms with Gasteiger partial charge in [-0.3, -0.25) is 9.59 Å². The highest BCUT2D eigenvalue weighted by atomic mass is 35.5. The van der Waals surface area contributed by atoms with Crippen molar-refractivity contribution in [1.29, 1.82) is 5.26 Å². The van der Waals surface area contributed by atoms with Gasteiger partial charge in [0, 0.05) is 23.8 Å². The molecule has 1 atom stereocenters. The van der Waals surface area contributed by atoms with Crippen molar-refractivity contribution < 1.29 is 9.59 Å². The number of nitriles is 1. The van der Waals surface area contributed by atoms with Gasteiger partial charge in [-0.25, -0.2) is 0 Å². The molecular formula is C15H19ClN4O2. The molecule has 0 aliphatic rings. The lowest BCUT2D eigenvalue weighted by atomic mass is 10.1. The molecule has 1 aromatic carbocycles. The van der Waals surface area contributed by atoms with Crippen molar-refractivity contribution in [3.63, 3.8) is 0 Å². The maximum absolute atomic E-state index is 12.2. The molecule has 0 fully saturated rings. The van der Waals surface area contributed by atoms with Gasteiger partial charge in [0.1, 0.15) is 0 Å². The summed E-state index contributed by atoms with van der Waals surface area (Å²) in [4.78, 5) is 25.1. The van der Waals surface area contributed by atoms with Crippen molar-refractivity contribution >= 4 is 29.1 Å². The number of anilines is 1. The summed E-state index contributed by atoms with van der Waals surface area (Å²) in [6.45, 7) is 4.46. The molecule has 22 heavy (non-hydrogen) atoms. The quantitative estimate of drug-likeness (QED) is 0.800. The van der Waals surface area contributed by atoms with E-state index >= 15 is 0 Å². The Kier molecular flexibility index (Phi) is 6.67. The van der Waals surface area contributed by atoms with Crippen molar-refractivity contribution in [2.45, 2.75) is 13.8 Å². The SMILES string of the molecule is CCN(C[C@@H](C)C#N)C(=O)CNc1cc(Cl)ccc1C(N)=O. The molecule has 0 saturated carbocycles. The first kappa shape index (κ1) is 17.8. The molecule has 0 heterocycles. The molecule has 2 amide bonds. The van der Waals surface area contributed by atoms with Crippen LogP contribution in [0.1, 0.15) is 24.2 Å². The predicted octanol–water partition coefficient (Wildman–Crippen LogP) is 1.86. The van der Waals surface area contributed by atoms with E-state index in [-0.39, 0.29) is 23.9 Å². The number of halogens is 1. The van der Waals surface area contributed by atoms with Crippen LogP contribution in [0, 0.1) is 17.2 Å². The molecule has 1 aromatic rings. The number of likely N-dealkylation sites (N-methyl/N-ethyl adjacent to an activating group) is 1. The van der Waals surface area contributed by atoms with E-state index in [1.807, 2.05) is 6.92 Å². The summed E-state index contributed by atoms with van der Waals surface area (Å²) < 4.78 is 0. The Hall–Kier alpha value is -2.26. The number of hydrogen-bond acceptors (Lipinski definition) is 4. The summed E-state index contributed by atoms with van der Waals surface area (Å²) in [5.41, 5.74) is 5.97. The fourth-order valence-electron chi connectivity index (χ4n) is 1.94. The van der Waals surface area contributed by atoms with Crippen LogP contribution < -0.4 is 11.1 Å². The van der Waals surface area contributed by atoms with Crippen molar-refractivity contribution in [2.24, 2.45) is 11.7 Å². The molecular weight excluding hydrogens is 304 g/mol. The maximum Gasteiger partial charge on any atom is 0.250 e. The van der Waals surface area contributed by atoms with E-state index in [1.54, 1.807) is 24.0 Å². The van der Waals surface area contributed by atoms with Crippen LogP contribution >= 0.6 is 11.6 Å². The lowest BCUT2D eigenvalue weighted by molar-refractivity contribution is -0.129. The summed E-state index contributed by atoms with van der Waals surface area (Å²) in [5, 5.41) is 12.1. The molecule has 0 saturated heterocycles. The molecule has 0 aromatic heterocycles. The van der Waals surface area contributed by atoms with E-state index in [1.165, 1.54) is 6.07 Å². The molecule has 1 rings (SSSR count). The number of benzene rings is 1. The van der Waals surface area contributed by atoms with Gasteiger partial charge in [0.15, 0.2) is 0 Å². The summed E-state index contributed by atoms with van der Waals surface area (Å²) in [5.74, 6) is -1.01. The number of carbonyl (C=O) groups is 2. The lowest BCUT2D eigenvalue weighted by Crippen LogP contribution is -2.38. The van der Waals surface area contributed by atoms with Crippen molar-refractivity contribution in [1.82, 2.24) is 4.90 Å². The molecule has 0 unspecified atom stereocenters. The van der Waals surface area contributed by atoms with E-state index in [4.69, 9.17) is 22.6 Å². The van der Waals surface area contributed by atoms with Crippen LogP contribution in [0.3, 0.4) is 0 Å². The van der Waals surface area contributed by atoms with Gasteiger partial charge in [-0.2, -0.15) is 5.26 Å². The van der Waals surface area contributed by atoms with Crippen LogP contribution in [0.4, 0.5) is 5.69 Å². The average Bonchev–Trinajstić information content (AvgIpc) is 2.49. The van der Waals surface area contributed by atoms with E-state index in [9.17, 15) is 9.59 Å². The Morgan fingerprint density at radius 1 is 1.50 bits per heavy atom. The monoisotopic (exact) mass is 322 g/mol. The van der Waals surface area contributed by atoms with Gasteiger partial charge >= 0.3 is 0 Å². The molecule has 0 bridgehead atoms. The maximum atomic E-state index is 12.2. The zero-order valence-corrected chi connectivity index (χ0v) is 13.4. The third kappa shape index (κ3) is 4.93. The van der Waals surface area contributed by atoms with Crippen molar-refractivity contribution in [3.05, 3.63) is 28.8 Å². The summed E-state index contributed by atoms with van der Waals surface area (Å²) in [6, 6.07) is 6.71. The molecule has 0 aliphatic heterocycles. The minimum Gasteiger partial charge on any atom is -0.375 e. The summed E-state index contributed by atoms with van der Waals surface area (Å²) >= 11 is 5.89. The zero-order valence-electron chi connectivity index (χ0n) is 12.6. The summed E-state index contributed by atoms with van der Waals surface area (Å²) in [6.07, 6.45) is 0. The number of primary amides is 1. The minimum absolute atomic E-state index is 0.00733. The van der Waals surface area contributed by atoms with E-state index in [0.29, 0.717) is 23.8 Å². The van der Waals surface area contributed by atoms with Gasteiger partial charge in [-0.15, -0.1) is 0 Å².